The number of nitrogens with one attached hydrogen (secondary N) is 2. The second-order valence-corrected chi connectivity index (χ2v) is 7.43. The molecule has 162 valence electrons. The summed E-state index contributed by atoms with van der Waals surface area (Å²) in [5, 5.41) is 16.6. The maximum Gasteiger partial charge on any atom is 0.191 e. The maximum absolute atomic E-state index is 10.0. The molecular formula is C21H34IN5O2. The summed E-state index contributed by atoms with van der Waals surface area (Å²) >= 11 is 0. The van der Waals surface area contributed by atoms with Crippen LogP contribution in [-0.4, -0.2) is 59.6 Å². The van der Waals surface area contributed by atoms with Crippen LogP contribution < -0.4 is 10.6 Å². The monoisotopic (exact) mass is 515 g/mol. The molecule has 7 nitrogen and oxygen atoms in total. The summed E-state index contributed by atoms with van der Waals surface area (Å²) in [5.74, 6) is 2.48. The van der Waals surface area contributed by atoms with E-state index in [1.54, 1.807) is 0 Å². The van der Waals surface area contributed by atoms with Crippen LogP contribution in [0, 0.1) is 12.8 Å². The summed E-state index contributed by atoms with van der Waals surface area (Å²) in [7, 11) is 0. The molecule has 2 aromatic rings. The fraction of sp³-hybridized carbons (Fsp3) is 0.619. The Hall–Kier alpha value is -1.39. The van der Waals surface area contributed by atoms with Crippen molar-refractivity contribution < 1.29 is 9.84 Å². The number of ether oxygens (including phenoxy) is 1. The highest BCUT2D eigenvalue weighted by Gasteiger charge is 2.21. The van der Waals surface area contributed by atoms with Gasteiger partial charge in [-0.3, -0.25) is 4.99 Å². The fourth-order valence-electron chi connectivity index (χ4n) is 3.17. The van der Waals surface area contributed by atoms with Gasteiger partial charge in [-0.2, -0.15) is 0 Å². The van der Waals surface area contributed by atoms with Gasteiger partial charge in [-0.25, -0.2) is 4.98 Å². The van der Waals surface area contributed by atoms with Crippen LogP contribution in [0.2, 0.25) is 0 Å². The lowest BCUT2D eigenvalue weighted by molar-refractivity contribution is 0.0368. The fourth-order valence-corrected chi connectivity index (χ4v) is 3.17. The van der Waals surface area contributed by atoms with Gasteiger partial charge in [0.2, 0.25) is 0 Å². The highest BCUT2D eigenvalue weighted by molar-refractivity contribution is 14.0. The van der Waals surface area contributed by atoms with Gasteiger partial charge in [0, 0.05) is 26.2 Å². The Morgan fingerprint density at radius 1 is 1.34 bits per heavy atom. The number of para-hydroxylation sites is 2. The summed E-state index contributed by atoms with van der Waals surface area (Å²) in [5.41, 5.74) is 2.22. The molecule has 0 amide bonds. The van der Waals surface area contributed by atoms with Crippen molar-refractivity contribution in [3.8, 4) is 0 Å². The number of aliphatic hydroxyl groups is 1. The van der Waals surface area contributed by atoms with Crippen LogP contribution in [0.4, 0.5) is 0 Å². The second-order valence-electron chi connectivity index (χ2n) is 7.43. The van der Waals surface area contributed by atoms with Gasteiger partial charge in [0.15, 0.2) is 5.96 Å². The van der Waals surface area contributed by atoms with Crippen molar-refractivity contribution in [3.63, 3.8) is 0 Å². The molecule has 0 saturated heterocycles. The first kappa shape index (κ1) is 23.9. The number of hydrogen-bond donors (Lipinski definition) is 3. The average Bonchev–Trinajstić information content (AvgIpc) is 3.45. The number of hydrogen-bond acceptors (Lipinski definition) is 4. The van der Waals surface area contributed by atoms with Gasteiger partial charge >= 0.3 is 0 Å². The zero-order chi connectivity index (χ0) is 19.8. The number of nitrogens with zero attached hydrogens (tertiary/aromatic N) is 3. The number of guanidine groups is 1. The minimum absolute atomic E-state index is 0. The minimum Gasteiger partial charge on any atom is -0.389 e. The molecule has 0 radical (unpaired) electrons. The topological polar surface area (TPSA) is 83.7 Å². The summed E-state index contributed by atoms with van der Waals surface area (Å²) in [4.78, 5) is 9.09. The average molecular weight is 515 g/mol. The molecule has 3 N–H and O–H groups in total. The van der Waals surface area contributed by atoms with Crippen molar-refractivity contribution in [2.75, 3.05) is 32.8 Å². The van der Waals surface area contributed by atoms with E-state index in [1.807, 2.05) is 32.0 Å². The first-order valence-electron chi connectivity index (χ1n) is 10.4. The third kappa shape index (κ3) is 7.75. The van der Waals surface area contributed by atoms with Gasteiger partial charge in [0.25, 0.3) is 0 Å². The van der Waals surface area contributed by atoms with Crippen LogP contribution in [0.5, 0.6) is 0 Å². The van der Waals surface area contributed by atoms with Crippen LogP contribution in [0.25, 0.3) is 11.0 Å². The first-order valence-corrected chi connectivity index (χ1v) is 10.4. The first-order chi connectivity index (χ1) is 13.7. The Balaban J connectivity index is 0.00000300. The van der Waals surface area contributed by atoms with Crippen molar-refractivity contribution in [1.29, 1.82) is 0 Å². The van der Waals surface area contributed by atoms with E-state index < -0.39 is 6.10 Å². The zero-order valence-corrected chi connectivity index (χ0v) is 19.8. The Morgan fingerprint density at radius 2 is 2.14 bits per heavy atom. The quantitative estimate of drug-likeness (QED) is 0.186. The number of imidazole rings is 1. The molecule has 29 heavy (non-hydrogen) atoms. The van der Waals surface area contributed by atoms with Gasteiger partial charge in [-0.15, -0.1) is 24.0 Å². The molecular weight excluding hydrogens is 481 g/mol. The van der Waals surface area contributed by atoms with E-state index in [0.717, 1.165) is 50.0 Å². The molecule has 1 aliphatic carbocycles. The summed E-state index contributed by atoms with van der Waals surface area (Å²) in [6.45, 7) is 8.02. The molecule has 1 aromatic heterocycles. The third-order valence-electron chi connectivity index (χ3n) is 4.86. The highest BCUT2D eigenvalue weighted by atomic mass is 127. The van der Waals surface area contributed by atoms with Crippen molar-refractivity contribution in [2.24, 2.45) is 10.9 Å². The van der Waals surface area contributed by atoms with Gasteiger partial charge in [0.05, 0.1) is 30.3 Å². The molecule has 1 atom stereocenters. The number of benzene rings is 1. The maximum atomic E-state index is 10.0. The SMILES string of the molecule is CCNC(=NCC(O)COCC1CC1)NCCCn1c(C)nc2ccccc21.I. The van der Waals surface area contributed by atoms with Crippen molar-refractivity contribution in [3.05, 3.63) is 30.1 Å². The van der Waals surface area contributed by atoms with Crippen LogP contribution in [0.15, 0.2) is 29.3 Å². The van der Waals surface area contributed by atoms with Gasteiger partial charge in [-0.05, 0) is 51.2 Å². The molecule has 1 aromatic carbocycles. The van der Waals surface area contributed by atoms with Crippen LogP contribution in [0.3, 0.4) is 0 Å². The second kappa shape index (κ2) is 12.3. The molecule has 1 aliphatic rings. The molecule has 0 aliphatic heterocycles. The lowest BCUT2D eigenvalue weighted by Crippen LogP contribution is -2.39. The number of aryl methyl sites for hydroxylation is 2. The molecule has 8 heteroatoms. The summed E-state index contributed by atoms with van der Waals surface area (Å²) < 4.78 is 7.78. The van der Waals surface area contributed by atoms with Crippen molar-refractivity contribution in [1.82, 2.24) is 20.2 Å². The molecule has 1 saturated carbocycles. The minimum atomic E-state index is -0.561. The lowest BCUT2D eigenvalue weighted by Gasteiger charge is -2.14. The standard InChI is InChI=1S/C21H33N5O2.HI/c1-3-22-21(24-13-18(27)15-28-14-17-9-10-17)23-11-6-12-26-16(2)25-19-7-4-5-8-20(19)26;/h4-5,7-8,17-18,27H,3,6,9-15H2,1-2H3,(H2,22,23,24);1H. The van der Waals surface area contributed by atoms with E-state index in [-0.39, 0.29) is 24.0 Å². The summed E-state index contributed by atoms with van der Waals surface area (Å²) in [6.07, 6.45) is 2.92. The van der Waals surface area contributed by atoms with Gasteiger partial charge in [0.1, 0.15) is 5.82 Å². The predicted octanol–water partition coefficient (Wildman–Crippen LogP) is 2.70. The van der Waals surface area contributed by atoms with E-state index in [4.69, 9.17) is 4.74 Å². The smallest absolute Gasteiger partial charge is 0.191 e. The number of halogens is 1. The normalized spacial score (nSPS) is 15.2. The number of rotatable bonds is 11. The number of aliphatic hydroxyl groups excluding tert-OH is 1. The molecule has 0 bridgehead atoms. The third-order valence-corrected chi connectivity index (χ3v) is 4.86. The van der Waals surface area contributed by atoms with E-state index in [9.17, 15) is 5.11 Å². The van der Waals surface area contributed by atoms with Gasteiger partial charge < -0.3 is 25.0 Å². The lowest BCUT2D eigenvalue weighted by atomic mass is 10.3. The van der Waals surface area contributed by atoms with Crippen LogP contribution >= 0.6 is 24.0 Å². The van der Waals surface area contributed by atoms with Crippen LogP contribution in [0.1, 0.15) is 32.0 Å². The van der Waals surface area contributed by atoms with E-state index in [0.29, 0.717) is 19.1 Å². The molecule has 1 heterocycles. The van der Waals surface area contributed by atoms with E-state index >= 15 is 0 Å². The van der Waals surface area contributed by atoms with Crippen molar-refractivity contribution in [2.45, 2.75) is 45.8 Å². The van der Waals surface area contributed by atoms with Crippen LogP contribution in [-0.2, 0) is 11.3 Å². The number of aromatic nitrogens is 2. The van der Waals surface area contributed by atoms with E-state index in [2.05, 4.69) is 31.2 Å². The van der Waals surface area contributed by atoms with Crippen molar-refractivity contribution >= 4 is 41.0 Å². The zero-order valence-electron chi connectivity index (χ0n) is 17.4. The number of aliphatic imine (C=N–C) groups is 1. The predicted molar refractivity (Wildman–Crippen MR) is 128 cm³/mol. The number of fused-ring (bicyclic) bond motifs is 1. The molecule has 0 spiro atoms. The Morgan fingerprint density at radius 3 is 2.90 bits per heavy atom. The molecule has 1 fully saturated rings. The Bertz CT molecular complexity index is 776. The van der Waals surface area contributed by atoms with Gasteiger partial charge in [-0.1, -0.05) is 12.1 Å². The largest absolute Gasteiger partial charge is 0.389 e. The molecule has 3 rings (SSSR count). The van der Waals surface area contributed by atoms with E-state index in [1.165, 1.54) is 18.4 Å². The molecule has 1 unspecified atom stereocenters. The summed E-state index contributed by atoms with van der Waals surface area (Å²) in [6, 6.07) is 8.23. The Kier molecular flexibility index (Phi) is 10.2. The Labute approximate surface area is 190 Å². The highest BCUT2D eigenvalue weighted by Crippen LogP contribution is 2.28.